The van der Waals surface area contributed by atoms with Gasteiger partial charge in [0, 0.05) is 6.92 Å². The molecule has 2 rings (SSSR count). The summed E-state index contributed by atoms with van der Waals surface area (Å²) in [4.78, 5) is 23.6. The standard InChI is InChI=1S/C18H25NO3/c1-13-8-10-15(11-9-13)17(19-14(2)20)12-18(21)22-16-6-4-3-5-7-16/h8-11,16-17H,3-7,12H2,1-2H3,(H,19,20). The van der Waals surface area contributed by atoms with E-state index in [1.807, 2.05) is 31.2 Å². The van der Waals surface area contributed by atoms with Gasteiger partial charge in [-0.05, 0) is 38.2 Å². The van der Waals surface area contributed by atoms with Crippen molar-refractivity contribution < 1.29 is 14.3 Å². The molecule has 0 spiro atoms. The van der Waals surface area contributed by atoms with Crippen LogP contribution in [0.15, 0.2) is 24.3 Å². The number of esters is 1. The van der Waals surface area contributed by atoms with Crippen LogP contribution in [0.4, 0.5) is 0 Å². The first-order valence-corrected chi connectivity index (χ1v) is 8.08. The average molecular weight is 303 g/mol. The molecule has 1 fully saturated rings. The highest BCUT2D eigenvalue weighted by molar-refractivity contribution is 5.76. The maximum Gasteiger partial charge on any atom is 0.308 e. The summed E-state index contributed by atoms with van der Waals surface area (Å²) in [6.07, 6.45) is 5.64. The van der Waals surface area contributed by atoms with Crippen LogP contribution >= 0.6 is 0 Å². The van der Waals surface area contributed by atoms with E-state index in [2.05, 4.69) is 5.32 Å². The summed E-state index contributed by atoms with van der Waals surface area (Å²) < 4.78 is 5.56. The summed E-state index contributed by atoms with van der Waals surface area (Å²) in [6, 6.07) is 7.54. The van der Waals surface area contributed by atoms with Crippen LogP contribution in [-0.4, -0.2) is 18.0 Å². The van der Waals surface area contributed by atoms with Crippen molar-refractivity contribution in [2.24, 2.45) is 0 Å². The number of carbonyl (C=O) groups excluding carboxylic acids is 2. The normalized spacial score (nSPS) is 16.8. The van der Waals surface area contributed by atoms with Gasteiger partial charge in [0.25, 0.3) is 0 Å². The Morgan fingerprint density at radius 1 is 1.18 bits per heavy atom. The lowest BCUT2D eigenvalue weighted by molar-refractivity contribution is -0.151. The summed E-state index contributed by atoms with van der Waals surface area (Å²) in [5.74, 6) is -0.373. The Labute approximate surface area is 132 Å². The van der Waals surface area contributed by atoms with E-state index >= 15 is 0 Å². The van der Waals surface area contributed by atoms with Crippen molar-refractivity contribution in [1.29, 1.82) is 0 Å². The third-order valence-corrected chi connectivity index (χ3v) is 4.08. The summed E-state index contributed by atoms with van der Waals surface area (Å²) in [6.45, 7) is 3.47. The first-order valence-electron chi connectivity index (χ1n) is 8.08. The van der Waals surface area contributed by atoms with Crippen molar-refractivity contribution in [3.8, 4) is 0 Å². The van der Waals surface area contributed by atoms with E-state index in [1.165, 1.54) is 13.3 Å². The molecule has 0 bridgehead atoms. The Hall–Kier alpha value is -1.84. The zero-order valence-electron chi connectivity index (χ0n) is 13.4. The SMILES string of the molecule is CC(=O)NC(CC(=O)OC1CCCCC1)c1ccc(C)cc1. The van der Waals surface area contributed by atoms with Gasteiger partial charge in [0.2, 0.25) is 5.91 Å². The molecule has 1 aromatic carbocycles. The number of nitrogens with one attached hydrogen (secondary N) is 1. The van der Waals surface area contributed by atoms with Crippen LogP contribution in [0.2, 0.25) is 0 Å². The molecule has 1 aliphatic carbocycles. The molecule has 1 unspecified atom stereocenters. The summed E-state index contributed by atoms with van der Waals surface area (Å²) in [5, 5.41) is 2.84. The van der Waals surface area contributed by atoms with Gasteiger partial charge in [-0.3, -0.25) is 9.59 Å². The number of hydrogen-bond donors (Lipinski definition) is 1. The van der Waals surface area contributed by atoms with Crippen molar-refractivity contribution in [1.82, 2.24) is 5.32 Å². The van der Waals surface area contributed by atoms with Crippen molar-refractivity contribution in [3.63, 3.8) is 0 Å². The molecule has 0 aromatic heterocycles. The monoisotopic (exact) mass is 303 g/mol. The summed E-state index contributed by atoms with van der Waals surface area (Å²) >= 11 is 0. The number of hydrogen-bond acceptors (Lipinski definition) is 3. The molecular weight excluding hydrogens is 278 g/mol. The molecule has 1 aromatic rings. The van der Waals surface area contributed by atoms with Crippen LogP contribution in [-0.2, 0) is 14.3 Å². The minimum absolute atomic E-state index is 0.0530. The number of benzene rings is 1. The quantitative estimate of drug-likeness (QED) is 0.848. The topological polar surface area (TPSA) is 55.4 Å². The van der Waals surface area contributed by atoms with Crippen molar-refractivity contribution in [2.75, 3.05) is 0 Å². The van der Waals surface area contributed by atoms with Gasteiger partial charge < -0.3 is 10.1 Å². The lowest BCUT2D eigenvalue weighted by Gasteiger charge is -2.24. The predicted octanol–water partition coefficient (Wildman–Crippen LogP) is 3.44. The molecule has 1 N–H and O–H groups in total. The van der Waals surface area contributed by atoms with E-state index < -0.39 is 0 Å². The van der Waals surface area contributed by atoms with Gasteiger partial charge in [0.1, 0.15) is 6.10 Å². The lowest BCUT2D eigenvalue weighted by atomic mass is 9.97. The average Bonchev–Trinajstić information content (AvgIpc) is 2.48. The maximum atomic E-state index is 12.2. The van der Waals surface area contributed by atoms with Crippen LogP contribution in [0.3, 0.4) is 0 Å². The second-order valence-corrected chi connectivity index (χ2v) is 6.12. The Balaban J connectivity index is 1.97. The van der Waals surface area contributed by atoms with Crippen LogP contribution in [0.5, 0.6) is 0 Å². The molecule has 0 radical (unpaired) electrons. The highest BCUT2D eigenvalue weighted by Gasteiger charge is 2.22. The summed E-state index contributed by atoms with van der Waals surface area (Å²) in [7, 11) is 0. The van der Waals surface area contributed by atoms with Gasteiger partial charge in [-0.25, -0.2) is 0 Å². The minimum Gasteiger partial charge on any atom is -0.462 e. The number of aryl methyl sites for hydroxylation is 1. The van der Waals surface area contributed by atoms with Crippen molar-refractivity contribution in [3.05, 3.63) is 35.4 Å². The third kappa shape index (κ3) is 5.17. The molecular formula is C18H25NO3. The highest BCUT2D eigenvalue weighted by Crippen LogP contribution is 2.23. The number of ether oxygens (including phenoxy) is 1. The fourth-order valence-corrected chi connectivity index (χ4v) is 2.88. The fraction of sp³-hybridized carbons (Fsp3) is 0.556. The van der Waals surface area contributed by atoms with E-state index in [9.17, 15) is 9.59 Å². The Morgan fingerprint density at radius 3 is 2.41 bits per heavy atom. The van der Waals surface area contributed by atoms with Gasteiger partial charge in [-0.1, -0.05) is 36.2 Å². The molecule has 4 heteroatoms. The first-order chi connectivity index (χ1) is 10.5. The molecule has 1 amide bonds. The molecule has 22 heavy (non-hydrogen) atoms. The Bertz CT molecular complexity index is 504. The number of amides is 1. The predicted molar refractivity (Wildman–Crippen MR) is 85.3 cm³/mol. The zero-order valence-corrected chi connectivity index (χ0v) is 13.4. The van der Waals surface area contributed by atoms with Crippen LogP contribution < -0.4 is 5.32 Å². The van der Waals surface area contributed by atoms with E-state index in [1.54, 1.807) is 0 Å². The van der Waals surface area contributed by atoms with E-state index in [4.69, 9.17) is 4.74 Å². The van der Waals surface area contributed by atoms with Crippen molar-refractivity contribution in [2.45, 2.75) is 64.5 Å². The molecule has 0 heterocycles. The highest BCUT2D eigenvalue weighted by atomic mass is 16.5. The second kappa shape index (κ2) is 7.97. The molecule has 1 saturated carbocycles. The minimum atomic E-state index is -0.325. The van der Waals surface area contributed by atoms with Crippen LogP contribution in [0, 0.1) is 6.92 Å². The van der Waals surface area contributed by atoms with Crippen LogP contribution in [0.1, 0.15) is 62.6 Å². The third-order valence-electron chi connectivity index (χ3n) is 4.08. The maximum absolute atomic E-state index is 12.2. The number of rotatable bonds is 5. The molecule has 0 saturated heterocycles. The molecule has 0 aliphatic heterocycles. The van der Waals surface area contributed by atoms with Gasteiger partial charge in [0.15, 0.2) is 0 Å². The Morgan fingerprint density at radius 2 is 1.82 bits per heavy atom. The smallest absolute Gasteiger partial charge is 0.308 e. The molecule has 1 atom stereocenters. The first kappa shape index (κ1) is 16.5. The van der Waals surface area contributed by atoms with Gasteiger partial charge in [-0.2, -0.15) is 0 Å². The molecule has 1 aliphatic rings. The Kier molecular flexibility index (Phi) is 5.99. The van der Waals surface area contributed by atoms with E-state index in [0.717, 1.165) is 36.8 Å². The fourth-order valence-electron chi connectivity index (χ4n) is 2.88. The van der Waals surface area contributed by atoms with E-state index in [-0.39, 0.29) is 30.4 Å². The van der Waals surface area contributed by atoms with Crippen molar-refractivity contribution >= 4 is 11.9 Å². The van der Waals surface area contributed by atoms with Gasteiger partial charge in [0.05, 0.1) is 12.5 Å². The zero-order chi connectivity index (χ0) is 15.9. The summed E-state index contributed by atoms with van der Waals surface area (Å²) in [5.41, 5.74) is 2.08. The molecule has 120 valence electrons. The molecule has 4 nitrogen and oxygen atoms in total. The van der Waals surface area contributed by atoms with Gasteiger partial charge in [-0.15, -0.1) is 0 Å². The lowest BCUT2D eigenvalue weighted by Crippen LogP contribution is -2.30. The number of carbonyl (C=O) groups is 2. The van der Waals surface area contributed by atoms with Gasteiger partial charge >= 0.3 is 5.97 Å². The second-order valence-electron chi connectivity index (χ2n) is 6.12. The van der Waals surface area contributed by atoms with E-state index in [0.29, 0.717) is 0 Å². The van der Waals surface area contributed by atoms with Crippen LogP contribution in [0.25, 0.3) is 0 Å². The largest absolute Gasteiger partial charge is 0.462 e.